The fourth-order valence-corrected chi connectivity index (χ4v) is 4.36. The molecule has 1 aliphatic heterocycles. The molecule has 1 N–H and O–H groups in total. The zero-order chi connectivity index (χ0) is 13.8. The second kappa shape index (κ2) is 3.97. The number of rotatable bonds is 1. The van der Waals surface area contributed by atoms with E-state index in [2.05, 4.69) is 26.7 Å². The smallest absolute Gasteiger partial charge is 0.130 e. The van der Waals surface area contributed by atoms with Crippen LogP contribution in [-0.2, 0) is 9.62 Å². The minimum absolute atomic E-state index is 0.122. The maximum Gasteiger partial charge on any atom is 0.130 e. The van der Waals surface area contributed by atoms with E-state index in [0.717, 1.165) is 36.8 Å². The predicted molar refractivity (Wildman–Crippen MR) is 73.4 cm³/mol. The Morgan fingerprint density at radius 1 is 1.32 bits per heavy atom. The average molecular weight is 262 g/mol. The zero-order valence-electron chi connectivity index (χ0n) is 11.6. The Hall–Kier alpha value is -1.06. The van der Waals surface area contributed by atoms with E-state index in [1.165, 1.54) is 0 Å². The van der Waals surface area contributed by atoms with Crippen molar-refractivity contribution in [1.82, 2.24) is 0 Å². The lowest BCUT2D eigenvalue weighted by Crippen LogP contribution is -2.58. The first-order chi connectivity index (χ1) is 8.93. The van der Waals surface area contributed by atoms with Gasteiger partial charge in [-0.1, -0.05) is 26.7 Å². The van der Waals surface area contributed by atoms with E-state index in [0.29, 0.717) is 12.2 Å². The van der Waals surface area contributed by atoms with Crippen LogP contribution in [0.2, 0.25) is 0 Å². The van der Waals surface area contributed by atoms with Crippen LogP contribution in [0.4, 0.5) is 0 Å². The molecule has 2 saturated carbocycles. The second-order valence-corrected chi connectivity index (χ2v) is 6.56. The van der Waals surface area contributed by atoms with Crippen LogP contribution in [0.1, 0.15) is 39.0 Å². The van der Waals surface area contributed by atoms with Crippen molar-refractivity contribution in [3.05, 3.63) is 36.6 Å². The largest absolute Gasteiger partial charge is 0.490 e. The van der Waals surface area contributed by atoms with E-state index in [9.17, 15) is 5.26 Å². The molecular formula is C16H22O3. The zero-order valence-corrected chi connectivity index (χ0v) is 11.6. The van der Waals surface area contributed by atoms with Crippen molar-refractivity contribution in [2.45, 2.75) is 50.7 Å². The van der Waals surface area contributed by atoms with Crippen LogP contribution in [0, 0.1) is 11.3 Å². The van der Waals surface area contributed by atoms with E-state index < -0.39 is 5.60 Å². The van der Waals surface area contributed by atoms with Crippen molar-refractivity contribution >= 4 is 0 Å². The van der Waals surface area contributed by atoms with Gasteiger partial charge in [-0.05, 0) is 43.3 Å². The van der Waals surface area contributed by atoms with Crippen molar-refractivity contribution in [3.63, 3.8) is 0 Å². The topological polar surface area (TPSA) is 38.7 Å². The van der Waals surface area contributed by atoms with Gasteiger partial charge in [0.1, 0.15) is 17.5 Å². The maximum absolute atomic E-state index is 9.63. The van der Waals surface area contributed by atoms with Gasteiger partial charge in [0.05, 0.1) is 0 Å². The summed E-state index contributed by atoms with van der Waals surface area (Å²) in [6.07, 6.45) is 4.72. The molecule has 3 aliphatic rings. The van der Waals surface area contributed by atoms with E-state index in [1.54, 1.807) is 0 Å². The van der Waals surface area contributed by atoms with Crippen LogP contribution in [0.25, 0.3) is 0 Å². The summed E-state index contributed by atoms with van der Waals surface area (Å²) in [5, 5.41) is 9.63. The summed E-state index contributed by atoms with van der Waals surface area (Å²) in [7, 11) is 0. The highest BCUT2D eigenvalue weighted by atomic mass is 17.1. The van der Waals surface area contributed by atoms with Crippen molar-refractivity contribution in [2.75, 3.05) is 0 Å². The highest BCUT2D eigenvalue weighted by Crippen LogP contribution is 2.61. The molecule has 3 fully saturated rings. The van der Waals surface area contributed by atoms with E-state index >= 15 is 0 Å². The molecule has 0 radical (unpaired) electrons. The number of ether oxygens (including phenoxy) is 1. The van der Waals surface area contributed by atoms with Crippen LogP contribution >= 0.6 is 0 Å². The van der Waals surface area contributed by atoms with Gasteiger partial charge in [-0.2, -0.15) is 0 Å². The van der Waals surface area contributed by atoms with Gasteiger partial charge in [0.2, 0.25) is 0 Å². The molecular weight excluding hydrogens is 240 g/mol. The Kier molecular flexibility index (Phi) is 2.70. The Balaban J connectivity index is 2.03. The fourth-order valence-electron chi connectivity index (χ4n) is 4.36. The normalized spacial score (nSPS) is 45.7. The molecule has 104 valence electrons. The SMILES string of the molecule is C=C1OC2CC3(C)CCCC(=C)C3(OO)CC2C1=C. The van der Waals surface area contributed by atoms with Gasteiger partial charge in [-0.25, -0.2) is 4.89 Å². The van der Waals surface area contributed by atoms with Crippen molar-refractivity contribution < 1.29 is 14.9 Å². The van der Waals surface area contributed by atoms with Crippen LogP contribution in [0.15, 0.2) is 36.6 Å². The standard InChI is InChI=1S/C16H22O3/c1-10-6-5-7-15(4)9-14-13(8-16(10,15)19-17)11(2)12(3)18-14/h13-14,17H,1-3,5-9H2,4H3. The van der Waals surface area contributed by atoms with Crippen LogP contribution in [0.5, 0.6) is 0 Å². The Morgan fingerprint density at radius 2 is 2.05 bits per heavy atom. The minimum Gasteiger partial charge on any atom is -0.490 e. The summed E-state index contributed by atoms with van der Waals surface area (Å²) in [6, 6.07) is 0. The van der Waals surface area contributed by atoms with Gasteiger partial charge < -0.3 is 4.74 Å². The molecule has 1 saturated heterocycles. The molecule has 0 spiro atoms. The lowest BCUT2D eigenvalue weighted by atomic mass is 9.53. The van der Waals surface area contributed by atoms with E-state index in [4.69, 9.17) is 9.62 Å². The Morgan fingerprint density at radius 3 is 2.74 bits per heavy atom. The molecule has 0 aromatic carbocycles. The third kappa shape index (κ3) is 1.52. The summed E-state index contributed by atoms with van der Waals surface area (Å²) in [4.78, 5) is 5.06. The highest BCUT2D eigenvalue weighted by Gasteiger charge is 2.61. The molecule has 0 aromatic rings. The number of fused-ring (bicyclic) bond motifs is 2. The van der Waals surface area contributed by atoms with Crippen molar-refractivity contribution in [1.29, 1.82) is 0 Å². The van der Waals surface area contributed by atoms with Crippen LogP contribution in [-0.4, -0.2) is 17.0 Å². The molecule has 0 amide bonds. The quantitative estimate of drug-likeness (QED) is 0.443. The molecule has 1 heterocycles. The number of allylic oxidation sites excluding steroid dienone is 1. The number of hydrogen-bond acceptors (Lipinski definition) is 3. The van der Waals surface area contributed by atoms with Gasteiger partial charge in [-0.3, -0.25) is 5.26 Å². The maximum atomic E-state index is 9.63. The van der Waals surface area contributed by atoms with Crippen LogP contribution in [0.3, 0.4) is 0 Å². The Bertz CT molecular complexity index is 467. The number of hydrogen-bond donors (Lipinski definition) is 1. The molecule has 0 aromatic heterocycles. The third-order valence-electron chi connectivity index (χ3n) is 5.62. The molecule has 3 heteroatoms. The molecule has 19 heavy (non-hydrogen) atoms. The van der Waals surface area contributed by atoms with Crippen molar-refractivity contribution in [2.24, 2.45) is 11.3 Å². The molecule has 2 aliphatic carbocycles. The molecule has 4 atom stereocenters. The lowest BCUT2D eigenvalue weighted by molar-refractivity contribution is -0.357. The summed E-state index contributed by atoms with van der Waals surface area (Å²) >= 11 is 0. The second-order valence-electron chi connectivity index (χ2n) is 6.56. The fraction of sp³-hybridized carbons (Fsp3) is 0.625. The van der Waals surface area contributed by atoms with Gasteiger partial charge in [-0.15, -0.1) is 0 Å². The summed E-state index contributed by atoms with van der Waals surface area (Å²) < 4.78 is 5.86. The molecule has 3 nitrogen and oxygen atoms in total. The monoisotopic (exact) mass is 262 g/mol. The van der Waals surface area contributed by atoms with E-state index in [-0.39, 0.29) is 17.4 Å². The Labute approximate surface area is 114 Å². The summed E-state index contributed by atoms with van der Waals surface area (Å²) in [5.41, 5.74) is 1.18. The lowest BCUT2D eigenvalue weighted by Gasteiger charge is -2.56. The first kappa shape index (κ1) is 12.9. The predicted octanol–water partition coefficient (Wildman–Crippen LogP) is 3.84. The van der Waals surface area contributed by atoms with Crippen LogP contribution < -0.4 is 0 Å². The first-order valence-electron chi connectivity index (χ1n) is 6.99. The summed E-state index contributed by atoms with van der Waals surface area (Å²) in [6.45, 7) is 14.3. The van der Waals surface area contributed by atoms with Gasteiger partial charge >= 0.3 is 0 Å². The molecule has 0 bridgehead atoms. The van der Waals surface area contributed by atoms with Crippen molar-refractivity contribution in [3.8, 4) is 0 Å². The van der Waals surface area contributed by atoms with Gasteiger partial charge in [0.25, 0.3) is 0 Å². The summed E-state index contributed by atoms with van der Waals surface area (Å²) in [5.74, 6) is 0.874. The molecule has 3 rings (SSSR count). The average Bonchev–Trinajstić information content (AvgIpc) is 2.62. The van der Waals surface area contributed by atoms with E-state index in [1.807, 2.05) is 0 Å². The van der Waals surface area contributed by atoms with Gasteiger partial charge in [0.15, 0.2) is 0 Å². The minimum atomic E-state index is -0.649. The van der Waals surface area contributed by atoms with Gasteiger partial charge in [0, 0.05) is 11.3 Å². The first-order valence-corrected chi connectivity index (χ1v) is 6.99. The highest BCUT2D eigenvalue weighted by molar-refractivity contribution is 5.35. The molecule has 4 unspecified atom stereocenters. The third-order valence-corrected chi connectivity index (χ3v) is 5.62.